The Morgan fingerprint density at radius 1 is 0.795 bits per heavy atom. The van der Waals surface area contributed by atoms with Crippen LogP contribution in [0, 0.1) is 6.92 Å². The minimum atomic E-state index is -5.41. The summed E-state index contributed by atoms with van der Waals surface area (Å²) in [5.74, 6) is 0. The SMILES string of the molecule is Cc1cc(-c2ccccc2)c2ccc3c(c2n1)NC(C)(S(=O)(=O)[O-])C(S(=O)(=O)[O-])=C3c1ccccc1.O.[Na+].[Na+]. The molecule has 3 aromatic carbocycles. The predicted octanol–water partition coefficient (Wildman–Crippen LogP) is -2.61. The number of hydrogen-bond donors (Lipinski definition) is 1. The summed E-state index contributed by atoms with van der Waals surface area (Å²) >= 11 is 0. The van der Waals surface area contributed by atoms with Gasteiger partial charge >= 0.3 is 59.1 Å². The predicted molar refractivity (Wildman–Crippen MR) is 139 cm³/mol. The number of fused-ring (bicyclic) bond motifs is 3. The van der Waals surface area contributed by atoms with Crippen molar-refractivity contribution in [3.63, 3.8) is 0 Å². The summed E-state index contributed by atoms with van der Waals surface area (Å²) in [6, 6.07) is 22.8. The molecule has 0 saturated carbocycles. The van der Waals surface area contributed by atoms with Gasteiger partial charge in [-0.3, -0.25) is 4.98 Å². The molecule has 4 aromatic rings. The molecule has 9 nitrogen and oxygen atoms in total. The summed E-state index contributed by atoms with van der Waals surface area (Å²) in [4.78, 5) is 0.820. The third-order valence-electron chi connectivity index (χ3n) is 6.30. The van der Waals surface area contributed by atoms with E-state index in [1.165, 1.54) is 0 Å². The molecule has 3 N–H and O–H groups in total. The average Bonchev–Trinajstić information content (AvgIpc) is 2.82. The second-order valence-electron chi connectivity index (χ2n) is 8.70. The zero-order valence-electron chi connectivity index (χ0n) is 21.7. The first-order valence-electron chi connectivity index (χ1n) is 10.9. The fourth-order valence-corrected chi connectivity index (χ4v) is 6.87. The van der Waals surface area contributed by atoms with Crippen LogP contribution < -0.4 is 64.4 Å². The number of hydrogen-bond acceptors (Lipinski definition) is 8. The van der Waals surface area contributed by atoms with Gasteiger partial charge in [0, 0.05) is 22.2 Å². The fraction of sp³-hybridized carbons (Fsp3) is 0.115. The maximum absolute atomic E-state index is 12.6. The molecule has 1 unspecified atom stereocenters. The van der Waals surface area contributed by atoms with E-state index in [1.807, 2.05) is 36.4 Å². The van der Waals surface area contributed by atoms with Gasteiger partial charge in [0.25, 0.3) is 0 Å². The Hall–Kier alpha value is -1.61. The smallest absolute Gasteiger partial charge is 0.746 e. The van der Waals surface area contributed by atoms with Crippen molar-refractivity contribution >= 4 is 42.4 Å². The minimum Gasteiger partial charge on any atom is -0.746 e. The largest absolute Gasteiger partial charge is 1.00 e. The zero-order chi connectivity index (χ0) is 25.9. The van der Waals surface area contributed by atoms with Gasteiger partial charge in [-0.1, -0.05) is 72.8 Å². The van der Waals surface area contributed by atoms with Gasteiger partial charge in [-0.05, 0) is 36.6 Å². The third-order valence-corrected chi connectivity index (χ3v) is 8.85. The summed E-state index contributed by atoms with van der Waals surface area (Å²) in [5, 5.41) is 3.28. The van der Waals surface area contributed by atoms with Crippen molar-refractivity contribution < 1.29 is 90.5 Å². The van der Waals surface area contributed by atoms with E-state index in [1.54, 1.807) is 49.4 Å². The first kappa shape index (κ1) is 33.6. The molecule has 0 bridgehead atoms. The molecule has 13 heteroatoms. The van der Waals surface area contributed by atoms with Crippen LogP contribution >= 0.6 is 0 Å². The fourth-order valence-electron chi connectivity index (χ4n) is 4.70. The average molecular weight is 585 g/mol. The standard InChI is InChI=1S/C26H22N2O6S2.2Na.H2O/c1-16-15-21(17-9-5-3-6-10-17)19-13-14-20-22(18-11-7-4-8-12-18)25(35(29,30)31)26(2,36(32,33)34)28-24(20)23(19)27-16;;;/h3-15,28H,1-2H3,(H,29,30,31)(H,32,33,34);;;1H2/q;2*+1;/p-2. The first-order valence-corrected chi connectivity index (χ1v) is 13.7. The summed E-state index contributed by atoms with van der Waals surface area (Å²) in [6.45, 7) is 2.68. The van der Waals surface area contributed by atoms with Crippen molar-refractivity contribution in [2.45, 2.75) is 18.7 Å². The third kappa shape index (κ3) is 5.90. The van der Waals surface area contributed by atoms with Crippen LogP contribution in [-0.2, 0) is 20.2 Å². The Balaban J connectivity index is 0.00000178. The monoisotopic (exact) mass is 584 g/mol. The number of anilines is 1. The number of rotatable bonds is 4. The van der Waals surface area contributed by atoms with Gasteiger partial charge < -0.3 is 19.9 Å². The van der Waals surface area contributed by atoms with Crippen molar-refractivity contribution in [3.05, 3.63) is 101 Å². The maximum Gasteiger partial charge on any atom is 1.00 e. The molecule has 192 valence electrons. The van der Waals surface area contributed by atoms with Crippen LogP contribution in [0.15, 0.2) is 83.8 Å². The van der Waals surface area contributed by atoms with Gasteiger partial charge in [-0.15, -0.1) is 0 Å². The Morgan fingerprint density at radius 2 is 1.33 bits per heavy atom. The van der Waals surface area contributed by atoms with Gasteiger partial charge in [0.2, 0.25) is 0 Å². The Bertz CT molecular complexity index is 1780. The van der Waals surface area contributed by atoms with E-state index in [0.717, 1.165) is 18.1 Å². The number of aromatic nitrogens is 1. The molecule has 0 radical (unpaired) electrons. The Morgan fingerprint density at radius 3 is 1.85 bits per heavy atom. The second-order valence-corrected chi connectivity index (χ2v) is 11.7. The first-order chi connectivity index (χ1) is 16.9. The molecule has 39 heavy (non-hydrogen) atoms. The number of pyridine rings is 1. The quantitative estimate of drug-likeness (QED) is 0.201. The van der Waals surface area contributed by atoms with E-state index in [9.17, 15) is 25.9 Å². The molecule has 0 fully saturated rings. The molecule has 1 aromatic heterocycles. The van der Waals surface area contributed by atoms with Gasteiger partial charge in [-0.25, -0.2) is 16.8 Å². The van der Waals surface area contributed by atoms with Crippen molar-refractivity contribution in [2.75, 3.05) is 5.32 Å². The molecule has 1 atom stereocenters. The second kappa shape index (κ2) is 12.1. The van der Waals surface area contributed by atoms with Crippen LogP contribution in [0.4, 0.5) is 5.69 Å². The number of aryl methyl sites for hydroxylation is 1. The van der Waals surface area contributed by atoms with E-state index in [4.69, 9.17) is 0 Å². The molecule has 0 amide bonds. The van der Waals surface area contributed by atoms with E-state index in [0.29, 0.717) is 16.6 Å². The van der Waals surface area contributed by atoms with Crippen molar-refractivity contribution in [3.8, 4) is 11.1 Å². The molecular weight excluding hydrogens is 562 g/mol. The maximum atomic E-state index is 12.6. The van der Waals surface area contributed by atoms with E-state index in [-0.39, 0.29) is 87.0 Å². The molecule has 0 saturated heterocycles. The molecule has 1 aliphatic heterocycles. The molecule has 5 rings (SSSR count). The summed E-state index contributed by atoms with van der Waals surface area (Å²) in [7, 11) is -10.8. The van der Waals surface area contributed by atoms with Crippen molar-refractivity contribution in [1.29, 1.82) is 0 Å². The normalized spacial score (nSPS) is 16.7. The van der Waals surface area contributed by atoms with Gasteiger partial charge in [-0.2, -0.15) is 0 Å². The zero-order valence-corrected chi connectivity index (χ0v) is 27.4. The Labute approximate surface area is 271 Å². The summed E-state index contributed by atoms with van der Waals surface area (Å²) < 4.78 is 75.3. The van der Waals surface area contributed by atoms with Crippen LogP contribution in [0.5, 0.6) is 0 Å². The van der Waals surface area contributed by atoms with Crippen molar-refractivity contribution in [2.24, 2.45) is 0 Å². The van der Waals surface area contributed by atoms with E-state index in [2.05, 4.69) is 10.3 Å². The van der Waals surface area contributed by atoms with Crippen LogP contribution in [0.1, 0.15) is 23.7 Å². The number of nitrogens with one attached hydrogen (secondary N) is 1. The van der Waals surface area contributed by atoms with E-state index >= 15 is 0 Å². The van der Waals surface area contributed by atoms with Crippen LogP contribution in [0.2, 0.25) is 0 Å². The van der Waals surface area contributed by atoms with E-state index < -0.39 is 30.0 Å². The molecule has 2 heterocycles. The number of nitrogens with zero attached hydrogens (tertiary/aromatic N) is 1. The van der Waals surface area contributed by atoms with Crippen molar-refractivity contribution in [1.82, 2.24) is 4.98 Å². The van der Waals surface area contributed by atoms with Gasteiger partial charge in [0.05, 0.1) is 16.1 Å². The van der Waals surface area contributed by atoms with Crippen LogP contribution in [0.25, 0.3) is 27.6 Å². The molecular formula is C26H22N2Na2O7S2. The molecule has 1 aliphatic rings. The summed E-state index contributed by atoms with van der Waals surface area (Å²) in [5.41, 5.74) is 3.22. The molecule has 0 spiro atoms. The van der Waals surface area contributed by atoms with Crippen LogP contribution in [-0.4, -0.2) is 41.3 Å². The Kier molecular flexibility index (Phi) is 10.4. The molecule has 0 aliphatic carbocycles. The topological polar surface area (TPSA) is 171 Å². The van der Waals surface area contributed by atoms with Gasteiger partial charge in [0.15, 0.2) is 4.87 Å². The summed E-state index contributed by atoms with van der Waals surface area (Å²) in [6.07, 6.45) is 0. The number of benzene rings is 3. The minimum absolute atomic E-state index is 0. The van der Waals surface area contributed by atoms with Crippen LogP contribution in [0.3, 0.4) is 0 Å². The van der Waals surface area contributed by atoms with Gasteiger partial charge in [0.1, 0.15) is 20.2 Å².